The number of benzene rings is 1. The van der Waals surface area contributed by atoms with Gasteiger partial charge in [0, 0.05) is 23.3 Å². The lowest BCUT2D eigenvalue weighted by Crippen LogP contribution is -2.17. The van der Waals surface area contributed by atoms with Gasteiger partial charge in [0.05, 0.1) is 11.3 Å². The highest BCUT2D eigenvalue weighted by Crippen LogP contribution is 2.36. The van der Waals surface area contributed by atoms with Gasteiger partial charge in [0.2, 0.25) is 0 Å². The van der Waals surface area contributed by atoms with Crippen molar-refractivity contribution in [2.24, 2.45) is 0 Å². The molecule has 134 valence electrons. The Hall–Kier alpha value is -2.28. The summed E-state index contributed by atoms with van der Waals surface area (Å²) in [7, 11) is 0. The zero-order chi connectivity index (χ0) is 18.4. The lowest BCUT2D eigenvalue weighted by atomic mass is 10.1. The van der Waals surface area contributed by atoms with Crippen LogP contribution in [0.25, 0.3) is 0 Å². The van der Waals surface area contributed by atoms with E-state index in [0.717, 1.165) is 25.0 Å². The fraction of sp³-hybridized carbons (Fsp3) is 0.294. The molecular weight excluding hydrogens is 355 g/mol. The van der Waals surface area contributed by atoms with Gasteiger partial charge in [0.25, 0.3) is 5.91 Å². The van der Waals surface area contributed by atoms with E-state index in [2.05, 4.69) is 15.6 Å². The molecule has 0 bridgehead atoms. The van der Waals surface area contributed by atoms with Crippen LogP contribution in [-0.4, -0.2) is 17.4 Å². The van der Waals surface area contributed by atoms with E-state index >= 15 is 0 Å². The summed E-state index contributed by atoms with van der Waals surface area (Å²) in [4.78, 5) is 16.4. The third-order valence-corrected chi connectivity index (χ3v) is 3.63. The summed E-state index contributed by atoms with van der Waals surface area (Å²) in [6.45, 7) is 2.74. The van der Waals surface area contributed by atoms with Crippen molar-refractivity contribution < 1.29 is 18.0 Å². The molecule has 8 heteroatoms. The van der Waals surface area contributed by atoms with Crippen LogP contribution in [0.5, 0.6) is 0 Å². The number of pyridine rings is 1. The molecule has 25 heavy (non-hydrogen) atoms. The Morgan fingerprint density at radius 2 is 2.00 bits per heavy atom. The highest BCUT2D eigenvalue weighted by molar-refractivity contribution is 6.30. The number of hydrogen-bond donors (Lipinski definition) is 2. The minimum atomic E-state index is -4.63. The zero-order valence-electron chi connectivity index (χ0n) is 13.5. The molecule has 0 saturated carbocycles. The van der Waals surface area contributed by atoms with Crippen molar-refractivity contribution in [3.8, 4) is 0 Å². The van der Waals surface area contributed by atoms with Crippen molar-refractivity contribution in [3.05, 3.63) is 52.7 Å². The predicted molar refractivity (Wildman–Crippen MR) is 92.0 cm³/mol. The first-order valence-corrected chi connectivity index (χ1v) is 8.07. The van der Waals surface area contributed by atoms with Gasteiger partial charge in [0.1, 0.15) is 5.82 Å². The van der Waals surface area contributed by atoms with Crippen LogP contribution in [0, 0.1) is 0 Å². The number of alkyl halides is 3. The lowest BCUT2D eigenvalue weighted by molar-refractivity contribution is -0.136. The molecule has 1 aromatic carbocycles. The summed E-state index contributed by atoms with van der Waals surface area (Å²) in [6, 6.07) is 6.13. The second-order valence-corrected chi connectivity index (χ2v) is 5.79. The molecule has 2 aromatic rings. The fourth-order valence-electron chi connectivity index (χ4n) is 2.12. The van der Waals surface area contributed by atoms with E-state index in [9.17, 15) is 18.0 Å². The number of nitrogens with zero attached hydrogens (tertiary/aromatic N) is 1. The molecule has 1 heterocycles. The summed E-state index contributed by atoms with van der Waals surface area (Å²) in [5, 5.41) is 5.28. The third-order valence-electron chi connectivity index (χ3n) is 3.39. The molecule has 2 rings (SSSR count). The Morgan fingerprint density at radius 1 is 1.24 bits per heavy atom. The van der Waals surface area contributed by atoms with Crippen LogP contribution >= 0.6 is 11.6 Å². The van der Waals surface area contributed by atoms with E-state index < -0.39 is 17.6 Å². The zero-order valence-corrected chi connectivity index (χ0v) is 14.2. The number of unbranched alkanes of at least 4 members (excludes halogenated alkanes) is 1. The Bertz CT molecular complexity index is 750. The van der Waals surface area contributed by atoms with Crippen molar-refractivity contribution >= 4 is 29.0 Å². The number of hydrogen-bond acceptors (Lipinski definition) is 3. The van der Waals surface area contributed by atoms with Crippen molar-refractivity contribution in [3.63, 3.8) is 0 Å². The number of anilines is 2. The standard InChI is InChI=1S/C17H17ClF3N3O/c1-2-3-7-22-15-9-11(6-8-23-15)16(25)24-14-5-4-12(18)10-13(14)17(19,20)21/h4-6,8-10H,2-3,7H2,1H3,(H,22,23)(H,24,25). The number of amides is 1. The van der Waals surface area contributed by atoms with Crippen LogP contribution in [0.3, 0.4) is 0 Å². The van der Waals surface area contributed by atoms with E-state index in [4.69, 9.17) is 11.6 Å². The molecule has 0 aliphatic rings. The Balaban J connectivity index is 2.19. The molecule has 0 aliphatic carbocycles. The first-order chi connectivity index (χ1) is 11.8. The van der Waals surface area contributed by atoms with Crippen LogP contribution in [0.1, 0.15) is 35.7 Å². The average Bonchev–Trinajstić information content (AvgIpc) is 2.56. The van der Waals surface area contributed by atoms with Gasteiger partial charge in [-0.15, -0.1) is 0 Å². The third kappa shape index (κ3) is 5.35. The summed E-state index contributed by atoms with van der Waals surface area (Å²) < 4.78 is 39.3. The van der Waals surface area contributed by atoms with Gasteiger partial charge < -0.3 is 10.6 Å². The van der Waals surface area contributed by atoms with Crippen LogP contribution in [0.2, 0.25) is 5.02 Å². The molecule has 0 radical (unpaired) electrons. The number of halogens is 4. The highest BCUT2D eigenvalue weighted by Gasteiger charge is 2.34. The molecule has 1 amide bonds. The van der Waals surface area contributed by atoms with E-state index in [1.807, 2.05) is 6.92 Å². The summed E-state index contributed by atoms with van der Waals surface area (Å²) in [5.74, 6) is -0.165. The normalized spacial score (nSPS) is 11.2. The smallest absolute Gasteiger partial charge is 0.370 e. The van der Waals surface area contributed by atoms with Gasteiger partial charge >= 0.3 is 6.18 Å². The van der Waals surface area contributed by atoms with Gasteiger partial charge in [0.15, 0.2) is 0 Å². The van der Waals surface area contributed by atoms with E-state index in [0.29, 0.717) is 12.4 Å². The quantitative estimate of drug-likeness (QED) is 0.684. The maximum atomic E-state index is 13.1. The highest BCUT2D eigenvalue weighted by atomic mass is 35.5. The molecule has 0 spiro atoms. The molecule has 0 unspecified atom stereocenters. The number of aromatic nitrogens is 1. The second kappa shape index (κ2) is 8.20. The van der Waals surface area contributed by atoms with Gasteiger partial charge in [-0.1, -0.05) is 24.9 Å². The SMILES string of the molecule is CCCCNc1cc(C(=O)Nc2ccc(Cl)cc2C(F)(F)F)ccn1. The van der Waals surface area contributed by atoms with Gasteiger partial charge in [-0.2, -0.15) is 13.2 Å². The minimum Gasteiger partial charge on any atom is -0.370 e. The molecule has 1 aromatic heterocycles. The van der Waals surface area contributed by atoms with Crippen molar-refractivity contribution in [1.29, 1.82) is 0 Å². The molecule has 0 saturated heterocycles. The van der Waals surface area contributed by atoms with Crippen LogP contribution in [0.15, 0.2) is 36.5 Å². The molecular formula is C17H17ClF3N3O. The van der Waals surface area contributed by atoms with E-state index in [1.54, 1.807) is 0 Å². The number of rotatable bonds is 6. The number of carbonyl (C=O) groups excluding carboxylic acids is 1. The van der Waals surface area contributed by atoms with Crippen LogP contribution in [-0.2, 0) is 6.18 Å². The van der Waals surface area contributed by atoms with Gasteiger partial charge in [-0.25, -0.2) is 4.98 Å². The number of carbonyl (C=O) groups is 1. The Kier molecular flexibility index (Phi) is 6.25. The predicted octanol–water partition coefficient (Wildman–Crippen LogP) is 5.22. The van der Waals surface area contributed by atoms with Gasteiger partial charge in [-0.05, 0) is 36.8 Å². The van der Waals surface area contributed by atoms with Crippen molar-refractivity contribution in [1.82, 2.24) is 4.98 Å². The first kappa shape index (κ1) is 19.1. The first-order valence-electron chi connectivity index (χ1n) is 7.69. The fourth-order valence-corrected chi connectivity index (χ4v) is 2.29. The number of nitrogens with one attached hydrogen (secondary N) is 2. The minimum absolute atomic E-state index is 0.0587. The summed E-state index contributed by atoms with van der Waals surface area (Å²) >= 11 is 5.63. The van der Waals surface area contributed by atoms with Crippen LogP contribution in [0.4, 0.5) is 24.7 Å². The monoisotopic (exact) mass is 371 g/mol. The summed E-state index contributed by atoms with van der Waals surface area (Å²) in [6.07, 6.45) is -1.25. The van der Waals surface area contributed by atoms with E-state index in [1.165, 1.54) is 24.4 Å². The summed E-state index contributed by atoms with van der Waals surface area (Å²) in [5.41, 5.74) is -1.14. The molecule has 0 aliphatic heterocycles. The molecule has 0 fully saturated rings. The van der Waals surface area contributed by atoms with Gasteiger partial charge in [-0.3, -0.25) is 4.79 Å². The molecule has 0 atom stereocenters. The average molecular weight is 372 g/mol. The van der Waals surface area contributed by atoms with E-state index in [-0.39, 0.29) is 16.3 Å². The van der Waals surface area contributed by atoms with Crippen molar-refractivity contribution in [2.45, 2.75) is 25.9 Å². The topological polar surface area (TPSA) is 54.0 Å². The Morgan fingerprint density at radius 3 is 2.68 bits per heavy atom. The largest absolute Gasteiger partial charge is 0.418 e. The van der Waals surface area contributed by atoms with Crippen LogP contribution < -0.4 is 10.6 Å². The molecule has 4 nitrogen and oxygen atoms in total. The second-order valence-electron chi connectivity index (χ2n) is 5.35. The maximum Gasteiger partial charge on any atom is 0.418 e. The van der Waals surface area contributed by atoms with Crippen molar-refractivity contribution in [2.75, 3.05) is 17.2 Å². The maximum absolute atomic E-state index is 13.1. The Labute approximate surface area is 148 Å². The molecule has 2 N–H and O–H groups in total. The lowest BCUT2D eigenvalue weighted by Gasteiger charge is -2.14.